The number of aliphatic hydroxyl groups is 2. The highest BCUT2D eigenvalue weighted by molar-refractivity contribution is 5.76. The number of aliphatic hydroxyl groups excluding tert-OH is 2. The predicted octanol–water partition coefficient (Wildman–Crippen LogP) is 5.98. The summed E-state index contributed by atoms with van der Waals surface area (Å²) in [6, 6.07) is 8.56. The number of benzene rings is 1. The summed E-state index contributed by atoms with van der Waals surface area (Å²) < 4.78 is 0. The van der Waals surface area contributed by atoms with E-state index in [-0.39, 0.29) is 23.0 Å². The fourth-order valence-electron chi connectivity index (χ4n) is 10.6. The molecule has 0 spiro atoms. The zero-order valence-electron chi connectivity index (χ0n) is 23.4. The van der Waals surface area contributed by atoms with Gasteiger partial charge in [0.15, 0.2) is 0 Å². The van der Waals surface area contributed by atoms with Crippen LogP contribution in [0.1, 0.15) is 96.1 Å². The molecular formula is C33H49NO3. The fourth-order valence-corrected chi connectivity index (χ4v) is 10.6. The van der Waals surface area contributed by atoms with Gasteiger partial charge in [-0.3, -0.25) is 4.79 Å². The third kappa shape index (κ3) is 4.29. The quantitative estimate of drug-likeness (QED) is 0.527. The van der Waals surface area contributed by atoms with Crippen LogP contribution >= 0.6 is 0 Å². The molecule has 0 saturated heterocycles. The summed E-state index contributed by atoms with van der Waals surface area (Å²) >= 11 is 0. The summed E-state index contributed by atoms with van der Waals surface area (Å²) in [4.78, 5) is 15.3. The molecule has 0 bridgehead atoms. The maximum Gasteiger partial charge on any atom is 0.222 e. The number of hydrogen-bond donors (Lipinski definition) is 2. The first-order chi connectivity index (χ1) is 17.7. The number of rotatable bonds is 4. The van der Waals surface area contributed by atoms with E-state index in [0.29, 0.717) is 47.8 Å². The number of carbonyl (C=O) groups excluding carboxylic acids is 1. The maximum atomic E-state index is 13.2. The molecule has 0 aromatic heterocycles. The molecule has 204 valence electrons. The lowest BCUT2D eigenvalue weighted by atomic mass is 9.43. The Kier molecular flexibility index (Phi) is 6.75. The Morgan fingerprint density at radius 2 is 1.73 bits per heavy atom. The van der Waals surface area contributed by atoms with Crippen molar-refractivity contribution >= 4 is 5.91 Å². The van der Waals surface area contributed by atoms with Crippen molar-refractivity contribution in [2.24, 2.45) is 46.3 Å². The molecule has 2 N–H and O–H groups in total. The van der Waals surface area contributed by atoms with Crippen LogP contribution < -0.4 is 0 Å². The van der Waals surface area contributed by atoms with Crippen LogP contribution in [0.2, 0.25) is 0 Å². The molecule has 1 aromatic carbocycles. The van der Waals surface area contributed by atoms with E-state index < -0.39 is 0 Å². The van der Waals surface area contributed by atoms with E-state index >= 15 is 0 Å². The Labute approximate surface area is 224 Å². The molecule has 1 amide bonds. The minimum Gasteiger partial charge on any atom is -0.393 e. The normalized spacial score (nSPS) is 43.8. The van der Waals surface area contributed by atoms with Crippen molar-refractivity contribution < 1.29 is 15.0 Å². The van der Waals surface area contributed by atoms with Gasteiger partial charge in [0.05, 0.1) is 12.2 Å². The highest BCUT2D eigenvalue weighted by Crippen LogP contribution is 2.68. The predicted molar refractivity (Wildman–Crippen MR) is 147 cm³/mol. The fraction of sp³-hybridized carbons (Fsp3) is 0.788. The summed E-state index contributed by atoms with van der Waals surface area (Å²) in [5.74, 6) is 3.62. The molecule has 4 heteroatoms. The van der Waals surface area contributed by atoms with Crippen molar-refractivity contribution in [1.29, 1.82) is 0 Å². The van der Waals surface area contributed by atoms with Crippen LogP contribution in [0.3, 0.4) is 0 Å². The van der Waals surface area contributed by atoms with Gasteiger partial charge in [-0.1, -0.05) is 45.0 Å². The van der Waals surface area contributed by atoms with Gasteiger partial charge in [0.1, 0.15) is 0 Å². The molecular weight excluding hydrogens is 458 g/mol. The second kappa shape index (κ2) is 9.66. The molecule has 1 heterocycles. The van der Waals surface area contributed by atoms with Crippen molar-refractivity contribution in [3.8, 4) is 0 Å². The lowest BCUT2D eigenvalue weighted by Crippen LogP contribution is -2.58. The zero-order chi connectivity index (χ0) is 25.9. The molecule has 6 rings (SSSR count). The van der Waals surface area contributed by atoms with Crippen molar-refractivity contribution in [2.45, 2.75) is 110 Å². The second-order valence-corrected chi connectivity index (χ2v) is 14.3. The molecule has 4 fully saturated rings. The topological polar surface area (TPSA) is 60.8 Å². The first-order valence-corrected chi connectivity index (χ1v) is 15.4. The Hall–Kier alpha value is -1.39. The van der Waals surface area contributed by atoms with Crippen LogP contribution in [0.15, 0.2) is 24.3 Å². The summed E-state index contributed by atoms with van der Waals surface area (Å²) in [5, 5.41) is 21.8. The lowest BCUT2D eigenvalue weighted by molar-refractivity contribution is -0.174. The van der Waals surface area contributed by atoms with Gasteiger partial charge >= 0.3 is 0 Å². The molecule has 37 heavy (non-hydrogen) atoms. The Morgan fingerprint density at radius 3 is 2.54 bits per heavy atom. The summed E-state index contributed by atoms with van der Waals surface area (Å²) in [6.45, 7) is 9.06. The van der Waals surface area contributed by atoms with Crippen LogP contribution in [0, 0.1) is 46.3 Å². The van der Waals surface area contributed by atoms with Crippen LogP contribution in [0.4, 0.5) is 0 Å². The number of fused-ring (bicyclic) bond motifs is 6. The SMILES string of the molecule is CC(CCC(=O)N1CCc2ccccc2C1)C1CCC2C3C(O)CC4CC(O)CCC4(C)C3CCC12C. The van der Waals surface area contributed by atoms with Gasteiger partial charge in [-0.05, 0) is 122 Å². The Balaban J connectivity index is 1.10. The minimum atomic E-state index is -0.212. The Morgan fingerprint density at radius 1 is 1.00 bits per heavy atom. The largest absolute Gasteiger partial charge is 0.393 e. The molecule has 1 aliphatic heterocycles. The molecule has 4 aliphatic carbocycles. The molecule has 10 atom stereocenters. The summed E-state index contributed by atoms with van der Waals surface area (Å²) in [7, 11) is 0. The third-order valence-corrected chi connectivity index (χ3v) is 12.7. The van der Waals surface area contributed by atoms with Gasteiger partial charge in [-0.25, -0.2) is 0 Å². The van der Waals surface area contributed by atoms with E-state index in [0.717, 1.165) is 51.6 Å². The number of amides is 1. The standard InChI is InChI=1S/C33H49NO3/c1-21(8-11-30(37)34-17-14-22-6-4-5-7-23(22)20-34)26-9-10-27-31-28(13-16-33(26,27)3)32(2)15-12-25(35)18-24(32)19-29(31)36/h4-7,21,24-29,31,35-36H,8-20H2,1-3H3. The molecule has 5 aliphatic rings. The van der Waals surface area contributed by atoms with E-state index in [2.05, 4.69) is 49.9 Å². The van der Waals surface area contributed by atoms with E-state index in [1.54, 1.807) is 0 Å². The lowest BCUT2D eigenvalue weighted by Gasteiger charge is -2.62. The van der Waals surface area contributed by atoms with Crippen LogP contribution in [-0.4, -0.2) is 39.8 Å². The van der Waals surface area contributed by atoms with E-state index in [1.807, 2.05) is 0 Å². The molecule has 1 aromatic rings. The van der Waals surface area contributed by atoms with Crippen LogP contribution in [-0.2, 0) is 17.8 Å². The van der Waals surface area contributed by atoms with Gasteiger partial charge in [0.2, 0.25) is 5.91 Å². The number of carbonyl (C=O) groups is 1. The molecule has 10 unspecified atom stereocenters. The first-order valence-electron chi connectivity index (χ1n) is 15.4. The van der Waals surface area contributed by atoms with Gasteiger partial charge in [-0.2, -0.15) is 0 Å². The molecule has 0 radical (unpaired) electrons. The van der Waals surface area contributed by atoms with Gasteiger partial charge in [0, 0.05) is 19.5 Å². The summed E-state index contributed by atoms with van der Waals surface area (Å²) in [5.41, 5.74) is 3.28. The Bertz CT molecular complexity index is 1010. The van der Waals surface area contributed by atoms with Gasteiger partial charge in [-0.15, -0.1) is 0 Å². The molecule has 4 saturated carbocycles. The zero-order valence-corrected chi connectivity index (χ0v) is 23.4. The van der Waals surface area contributed by atoms with Crippen molar-refractivity contribution in [3.63, 3.8) is 0 Å². The van der Waals surface area contributed by atoms with Crippen LogP contribution in [0.5, 0.6) is 0 Å². The highest BCUT2D eigenvalue weighted by Gasteiger charge is 2.62. The smallest absolute Gasteiger partial charge is 0.222 e. The highest BCUT2D eigenvalue weighted by atomic mass is 16.3. The maximum absolute atomic E-state index is 13.2. The second-order valence-electron chi connectivity index (χ2n) is 14.3. The van der Waals surface area contributed by atoms with Crippen LogP contribution in [0.25, 0.3) is 0 Å². The number of nitrogens with zero attached hydrogens (tertiary/aromatic N) is 1. The monoisotopic (exact) mass is 507 g/mol. The third-order valence-electron chi connectivity index (χ3n) is 12.7. The molecule has 4 nitrogen and oxygen atoms in total. The average Bonchev–Trinajstić information content (AvgIpc) is 3.25. The van der Waals surface area contributed by atoms with Crippen molar-refractivity contribution in [2.75, 3.05) is 6.54 Å². The summed E-state index contributed by atoms with van der Waals surface area (Å²) in [6.07, 6.45) is 11.1. The average molecular weight is 508 g/mol. The van der Waals surface area contributed by atoms with E-state index in [4.69, 9.17) is 0 Å². The van der Waals surface area contributed by atoms with Gasteiger partial charge < -0.3 is 15.1 Å². The van der Waals surface area contributed by atoms with E-state index in [9.17, 15) is 15.0 Å². The van der Waals surface area contributed by atoms with Crippen molar-refractivity contribution in [1.82, 2.24) is 4.90 Å². The van der Waals surface area contributed by atoms with E-state index in [1.165, 1.54) is 36.8 Å². The van der Waals surface area contributed by atoms with Gasteiger partial charge in [0.25, 0.3) is 0 Å². The van der Waals surface area contributed by atoms with Crippen molar-refractivity contribution in [3.05, 3.63) is 35.4 Å². The minimum absolute atomic E-state index is 0.171. The number of hydrogen-bond acceptors (Lipinski definition) is 3. The first kappa shape index (κ1) is 25.9.